The number of piperidine rings is 3. The highest BCUT2D eigenvalue weighted by Crippen LogP contribution is 2.29. The molecular formula is C15H22N2. The summed E-state index contributed by atoms with van der Waals surface area (Å²) >= 11 is 0. The summed E-state index contributed by atoms with van der Waals surface area (Å²) in [6, 6.07) is 10.3. The molecule has 0 radical (unpaired) electrons. The van der Waals surface area contributed by atoms with Crippen molar-refractivity contribution in [2.24, 2.45) is 5.92 Å². The van der Waals surface area contributed by atoms with Crippen molar-refractivity contribution in [1.82, 2.24) is 10.2 Å². The van der Waals surface area contributed by atoms with Crippen molar-refractivity contribution in [1.29, 1.82) is 0 Å². The van der Waals surface area contributed by atoms with Crippen LogP contribution in [0.3, 0.4) is 0 Å². The summed E-state index contributed by atoms with van der Waals surface area (Å²) in [5.74, 6) is 0.522. The largest absolute Gasteiger partial charge is 0.306 e. The van der Waals surface area contributed by atoms with Crippen LogP contribution in [0.2, 0.25) is 0 Å². The highest BCUT2D eigenvalue weighted by Gasteiger charge is 2.34. The minimum atomic E-state index is -0.453. The molecule has 0 aliphatic carbocycles. The van der Waals surface area contributed by atoms with E-state index in [-0.39, 0.29) is 6.04 Å². The molecule has 0 saturated carbocycles. The van der Waals surface area contributed by atoms with E-state index < -0.39 is 6.02 Å². The van der Waals surface area contributed by atoms with E-state index in [1.54, 1.807) is 0 Å². The van der Waals surface area contributed by atoms with Gasteiger partial charge in [-0.1, -0.05) is 30.3 Å². The standard InChI is InChI=1S/C15H22N2/c1-12(13-5-3-2-4-6-13)16-15-11-17-9-7-14(15)8-10-17/h2-6,12,14-16H,7-11H2,1H3/t12-,15-/m0/s1/i15D. The van der Waals surface area contributed by atoms with Crippen molar-refractivity contribution >= 4 is 0 Å². The number of fused-ring (bicyclic) bond motifs is 3. The van der Waals surface area contributed by atoms with Crippen molar-refractivity contribution < 1.29 is 1.37 Å². The van der Waals surface area contributed by atoms with Crippen LogP contribution in [0.25, 0.3) is 0 Å². The quantitative estimate of drug-likeness (QED) is 0.859. The lowest BCUT2D eigenvalue weighted by Crippen LogP contribution is -2.56. The maximum atomic E-state index is 8.74. The molecule has 2 bridgehead atoms. The first-order valence-electron chi connectivity index (χ1n) is 7.22. The van der Waals surface area contributed by atoms with Gasteiger partial charge in [0.1, 0.15) is 0 Å². The summed E-state index contributed by atoms with van der Waals surface area (Å²) in [4.78, 5) is 2.43. The molecule has 0 spiro atoms. The summed E-state index contributed by atoms with van der Waals surface area (Å²) < 4.78 is 8.74. The lowest BCUT2D eigenvalue weighted by atomic mass is 9.83. The van der Waals surface area contributed by atoms with Gasteiger partial charge < -0.3 is 10.2 Å². The summed E-state index contributed by atoms with van der Waals surface area (Å²) in [5.41, 5.74) is 1.28. The van der Waals surface area contributed by atoms with Crippen molar-refractivity contribution in [3.63, 3.8) is 0 Å². The molecule has 0 unspecified atom stereocenters. The highest BCUT2D eigenvalue weighted by atomic mass is 15.2. The van der Waals surface area contributed by atoms with Gasteiger partial charge in [0.05, 0.1) is 0 Å². The van der Waals surface area contributed by atoms with E-state index in [0.717, 1.165) is 6.54 Å². The fourth-order valence-electron chi connectivity index (χ4n) is 3.08. The molecule has 3 aliphatic heterocycles. The number of hydrogen-bond acceptors (Lipinski definition) is 2. The first-order chi connectivity index (χ1) is 8.67. The molecule has 1 N–H and O–H groups in total. The first kappa shape index (κ1) is 10.1. The van der Waals surface area contributed by atoms with Crippen LogP contribution >= 0.6 is 0 Å². The maximum absolute atomic E-state index is 8.74. The Morgan fingerprint density at radius 1 is 1.29 bits per heavy atom. The Morgan fingerprint density at radius 3 is 2.59 bits per heavy atom. The fraction of sp³-hybridized carbons (Fsp3) is 0.600. The van der Waals surface area contributed by atoms with E-state index in [1.807, 2.05) is 6.07 Å². The zero-order valence-corrected chi connectivity index (χ0v) is 10.5. The lowest BCUT2D eigenvalue weighted by molar-refractivity contribution is 0.0680. The van der Waals surface area contributed by atoms with Gasteiger partial charge in [-0.3, -0.25) is 0 Å². The molecule has 92 valence electrons. The molecule has 3 saturated heterocycles. The molecule has 2 atom stereocenters. The molecule has 0 aromatic heterocycles. The number of rotatable bonds is 3. The van der Waals surface area contributed by atoms with Crippen LogP contribution in [0.4, 0.5) is 0 Å². The Balaban J connectivity index is 1.72. The van der Waals surface area contributed by atoms with Crippen LogP contribution in [-0.2, 0) is 0 Å². The molecule has 4 rings (SSSR count). The molecule has 2 heteroatoms. The van der Waals surface area contributed by atoms with Crippen LogP contribution in [0, 0.1) is 5.92 Å². The zero-order valence-electron chi connectivity index (χ0n) is 11.5. The Kier molecular flexibility index (Phi) is 2.85. The minimum absolute atomic E-state index is 0.254. The summed E-state index contributed by atoms with van der Waals surface area (Å²) in [7, 11) is 0. The van der Waals surface area contributed by atoms with Gasteiger partial charge in [-0.2, -0.15) is 0 Å². The third-order valence-electron chi connectivity index (χ3n) is 4.18. The predicted octanol–water partition coefficient (Wildman–Crippen LogP) is 2.43. The molecule has 17 heavy (non-hydrogen) atoms. The summed E-state index contributed by atoms with van der Waals surface area (Å²) in [6.45, 7) is 5.43. The van der Waals surface area contributed by atoms with Crippen molar-refractivity contribution in [2.45, 2.75) is 31.8 Å². The normalized spacial score (nSPS) is 38.8. The van der Waals surface area contributed by atoms with Crippen LogP contribution in [-0.4, -0.2) is 30.6 Å². The van der Waals surface area contributed by atoms with Crippen LogP contribution in [0.15, 0.2) is 30.3 Å². The molecule has 3 heterocycles. The molecule has 3 aliphatic rings. The number of nitrogens with zero attached hydrogens (tertiary/aromatic N) is 1. The number of benzene rings is 1. The lowest BCUT2D eigenvalue weighted by Gasteiger charge is -2.46. The number of hydrogen-bond donors (Lipinski definition) is 1. The molecule has 2 nitrogen and oxygen atoms in total. The van der Waals surface area contributed by atoms with Gasteiger partial charge in [-0.15, -0.1) is 0 Å². The third kappa shape index (κ3) is 2.38. The highest BCUT2D eigenvalue weighted by molar-refractivity contribution is 5.18. The van der Waals surface area contributed by atoms with Crippen molar-refractivity contribution in [2.75, 3.05) is 19.6 Å². The fourth-order valence-corrected chi connectivity index (χ4v) is 3.08. The van der Waals surface area contributed by atoms with E-state index in [4.69, 9.17) is 1.37 Å². The smallest absolute Gasteiger partial charge is 0.0481 e. The Bertz CT molecular complexity index is 400. The Hall–Kier alpha value is -0.860. The Morgan fingerprint density at radius 2 is 2.00 bits per heavy atom. The Labute approximate surface area is 105 Å². The van der Waals surface area contributed by atoms with Gasteiger partial charge in [0, 0.05) is 20.0 Å². The van der Waals surface area contributed by atoms with E-state index >= 15 is 0 Å². The van der Waals surface area contributed by atoms with Crippen LogP contribution in [0.1, 0.15) is 32.7 Å². The summed E-state index contributed by atoms with van der Waals surface area (Å²) in [6.07, 6.45) is 2.36. The first-order valence-corrected chi connectivity index (χ1v) is 6.72. The molecule has 1 aromatic rings. The third-order valence-corrected chi connectivity index (χ3v) is 4.18. The molecule has 3 fully saturated rings. The second kappa shape index (κ2) is 4.79. The van der Waals surface area contributed by atoms with E-state index in [9.17, 15) is 0 Å². The van der Waals surface area contributed by atoms with Gasteiger partial charge in [0.2, 0.25) is 0 Å². The van der Waals surface area contributed by atoms with Gasteiger partial charge in [0.25, 0.3) is 0 Å². The SMILES string of the molecule is [2H][C@]1(N[C@@H](C)c2ccccc2)CN2CCC1CC2. The van der Waals surface area contributed by atoms with Gasteiger partial charge in [-0.05, 0) is 44.3 Å². The summed E-state index contributed by atoms with van der Waals surface area (Å²) in [5, 5.41) is 3.57. The maximum Gasteiger partial charge on any atom is 0.0481 e. The molecular weight excluding hydrogens is 208 g/mol. The van der Waals surface area contributed by atoms with E-state index in [1.165, 1.54) is 31.5 Å². The topological polar surface area (TPSA) is 15.3 Å². The monoisotopic (exact) mass is 231 g/mol. The van der Waals surface area contributed by atoms with E-state index in [2.05, 4.69) is 41.4 Å². The molecule has 1 aromatic carbocycles. The van der Waals surface area contributed by atoms with Gasteiger partial charge in [-0.25, -0.2) is 0 Å². The average Bonchev–Trinajstić information content (AvgIpc) is 2.40. The number of nitrogens with one attached hydrogen (secondary N) is 1. The second-order valence-electron chi connectivity index (χ2n) is 5.35. The second-order valence-corrected chi connectivity index (χ2v) is 5.35. The van der Waals surface area contributed by atoms with Crippen molar-refractivity contribution in [3.05, 3.63) is 35.9 Å². The van der Waals surface area contributed by atoms with E-state index in [0.29, 0.717) is 5.92 Å². The molecule has 0 amide bonds. The predicted molar refractivity (Wildman–Crippen MR) is 70.9 cm³/mol. The van der Waals surface area contributed by atoms with Gasteiger partial charge in [0.15, 0.2) is 0 Å². The average molecular weight is 231 g/mol. The zero-order chi connectivity index (χ0) is 12.6. The van der Waals surface area contributed by atoms with Crippen molar-refractivity contribution in [3.8, 4) is 0 Å². The van der Waals surface area contributed by atoms with Gasteiger partial charge >= 0.3 is 0 Å². The van der Waals surface area contributed by atoms with Crippen LogP contribution in [0.5, 0.6) is 0 Å². The minimum Gasteiger partial charge on any atom is -0.306 e. The van der Waals surface area contributed by atoms with Crippen LogP contribution < -0.4 is 5.32 Å².